The molecule has 1 aromatic carbocycles. The highest BCUT2D eigenvalue weighted by Crippen LogP contribution is 2.36. The molecule has 6 heteroatoms. The van der Waals surface area contributed by atoms with Crippen LogP contribution in [0.2, 0.25) is 0 Å². The summed E-state index contributed by atoms with van der Waals surface area (Å²) in [5, 5.41) is 0. The number of carbonyl (C=O) groups excluding carboxylic acids is 1. The lowest BCUT2D eigenvalue weighted by molar-refractivity contribution is -0.190. The Kier molecular flexibility index (Phi) is 5.79. The Hall–Kier alpha value is -1.31. The third kappa shape index (κ3) is 4.69. The predicted molar refractivity (Wildman–Crippen MR) is 94.4 cm³/mol. The van der Waals surface area contributed by atoms with Gasteiger partial charge in [-0.2, -0.15) is 0 Å². The fourth-order valence-electron chi connectivity index (χ4n) is 3.48. The molecule has 0 unspecified atom stereocenters. The van der Waals surface area contributed by atoms with Crippen LogP contribution < -0.4 is 0 Å². The third-order valence-electron chi connectivity index (χ3n) is 4.56. The molecular weight excluding hydrogens is 336 g/mol. The van der Waals surface area contributed by atoms with E-state index in [0.717, 1.165) is 11.8 Å². The summed E-state index contributed by atoms with van der Waals surface area (Å²) in [6, 6.07) is 9.92. The molecule has 0 saturated carbocycles. The van der Waals surface area contributed by atoms with Gasteiger partial charge in [-0.15, -0.1) is 0 Å². The molecule has 2 fully saturated rings. The summed E-state index contributed by atoms with van der Waals surface area (Å²) in [6.07, 6.45) is -0.408. The van der Waals surface area contributed by atoms with Crippen LogP contribution in [0.1, 0.15) is 39.7 Å². The Morgan fingerprint density at radius 3 is 2.46 bits per heavy atom. The van der Waals surface area contributed by atoms with Gasteiger partial charge in [-0.1, -0.05) is 30.3 Å². The van der Waals surface area contributed by atoms with Crippen LogP contribution in [0.15, 0.2) is 30.3 Å². The van der Waals surface area contributed by atoms with Crippen molar-refractivity contribution in [1.82, 2.24) is 0 Å². The molecule has 3 rings (SSSR count). The molecule has 1 aromatic rings. The van der Waals surface area contributed by atoms with Gasteiger partial charge in [-0.3, -0.25) is 0 Å². The molecule has 0 bridgehead atoms. The number of carbonyl (C=O) groups is 1. The smallest absolute Gasteiger partial charge is 0.163 e. The maximum Gasteiger partial charge on any atom is 0.163 e. The lowest BCUT2D eigenvalue weighted by atomic mass is 10.0. The molecule has 0 amide bonds. The molecule has 6 nitrogen and oxygen atoms in total. The first-order chi connectivity index (χ1) is 12.3. The summed E-state index contributed by atoms with van der Waals surface area (Å²) in [7, 11) is 0. The van der Waals surface area contributed by atoms with Gasteiger partial charge in [0.2, 0.25) is 0 Å². The number of rotatable bonds is 7. The maximum atomic E-state index is 11.1. The van der Waals surface area contributed by atoms with Crippen LogP contribution in [-0.2, 0) is 35.1 Å². The van der Waals surface area contributed by atoms with Gasteiger partial charge in [0.15, 0.2) is 11.6 Å². The molecule has 4 atom stereocenters. The SMILES string of the molecule is CC1(C)OC[C@H]([C@@H](OCc2ccccc2)[C@@H]2OC(C)(C)O[C@@H]2CC=O)O1. The van der Waals surface area contributed by atoms with Gasteiger partial charge in [-0.25, -0.2) is 0 Å². The average Bonchev–Trinajstić information content (AvgIpc) is 3.08. The molecule has 2 heterocycles. The van der Waals surface area contributed by atoms with E-state index in [4.69, 9.17) is 23.7 Å². The molecule has 0 aromatic heterocycles. The summed E-state index contributed by atoms with van der Waals surface area (Å²) < 4.78 is 30.0. The number of aldehydes is 1. The van der Waals surface area contributed by atoms with E-state index in [2.05, 4.69) is 0 Å². The van der Waals surface area contributed by atoms with Crippen molar-refractivity contribution in [1.29, 1.82) is 0 Å². The van der Waals surface area contributed by atoms with E-state index >= 15 is 0 Å². The normalized spacial score (nSPS) is 31.0. The van der Waals surface area contributed by atoms with Gasteiger partial charge in [0.25, 0.3) is 0 Å². The summed E-state index contributed by atoms with van der Waals surface area (Å²) >= 11 is 0. The van der Waals surface area contributed by atoms with Crippen LogP contribution in [0.3, 0.4) is 0 Å². The Bertz CT molecular complexity index is 600. The number of hydrogen-bond donors (Lipinski definition) is 0. The van der Waals surface area contributed by atoms with Crippen LogP contribution in [-0.4, -0.2) is 48.9 Å². The fraction of sp³-hybridized carbons (Fsp3) is 0.650. The summed E-state index contributed by atoms with van der Waals surface area (Å²) in [5.41, 5.74) is 1.06. The van der Waals surface area contributed by atoms with E-state index in [9.17, 15) is 4.79 Å². The van der Waals surface area contributed by atoms with Crippen molar-refractivity contribution in [2.75, 3.05) is 6.61 Å². The van der Waals surface area contributed by atoms with Gasteiger partial charge >= 0.3 is 0 Å². The summed E-state index contributed by atoms with van der Waals surface area (Å²) in [4.78, 5) is 11.1. The fourth-order valence-corrected chi connectivity index (χ4v) is 3.48. The molecule has 0 radical (unpaired) electrons. The number of hydrogen-bond acceptors (Lipinski definition) is 6. The van der Waals surface area contributed by atoms with Gasteiger partial charge in [0.05, 0.1) is 19.3 Å². The third-order valence-corrected chi connectivity index (χ3v) is 4.56. The Balaban J connectivity index is 1.78. The molecule has 26 heavy (non-hydrogen) atoms. The zero-order chi connectivity index (χ0) is 18.8. The number of ether oxygens (including phenoxy) is 5. The van der Waals surface area contributed by atoms with Crippen LogP contribution in [0.4, 0.5) is 0 Å². The zero-order valence-electron chi connectivity index (χ0n) is 15.8. The first-order valence-electron chi connectivity index (χ1n) is 9.06. The van der Waals surface area contributed by atoms with Gasteiger partial charge in [0, 0.05) is 6.42 Å². The van der Waals surface area contributed by atoms with E-state index in [1.54, 1.807) is 0 Å². The Morgan fingerprint density at radius 1 is 1.12 bits per heavy atom. The van der Waals surface area contributed by atoms with E-state index in [1.165, 1.54) is 0 Å². The predicted octanol–water partition coefficient (Wildman–Crippen LogP) is 2.83. The monoisotopic (exact) mass is 364 g/mol. The van der Waals surface area contributed by atoms with Crippen molar-refractivity contribution in [3.05, 3.63) is 35.9 Å². The van der Waals surface area contributed by atoms with E-state index < -0.39 is 23.8 Å². The zero-order valence-corrected chi connectivity index (χ0v) is 15.8. The van der Waals surface area contributed by atoms with Gasteiger partial charge < -0.3 is 28.5 Å². The first kappa shape index (κ1) is 19.5. The lowest BCUT2D eigenvalue weighted by Crippen LogP contribution is -2.46. The van der Waals surface area contributed by atoms with E-state index in [-0.39, 0.29) is 18.6 Å². The standard InChI is InChI=1S/C20H28O6/c1-19(2)23-13-16(25-19)17(22-12-14-8-6-5-7-9-14)18-15(10-11-21)24-20(3,4)26-18/h5-9,11,15-18H,10,12-13H2,1-4H3/t15-,16-,17-,18-/m1/s1. The highest BCUT2D eigenvalue weighted by Gasteiger charge is 2.50. The molecular formula is C20H28O6. The summed E-state index contributed by atoms with van der Waals surface area (Å²) in [6.45, 7) is 8.25. The molecule has 2 saturated heterocycles. The molecule has 0 aliphatic carbocycles. The van der Waals surface area contributed by atoms with Crippen molar-refractivity contribution in [2.45, 2.75) is 76.7 Å². The average molecular weight is 364 g/mol. The van der Waals surface area contributed by atoms with E-state index in [0.29, 0.717) is 13.2 Å². The first-order valence-corrected chi connectivity index (χ1v) is 9.06. The largest absolute Gasteiger partial charge is 0.368 e. The highest BCUT2D eigenvalue weighted by atomic mass is 16.8. The maximum absolute atomic E-state index is 11.1. The molecule has 144 valence electrons. The molecule has 2 aliphatic rings. The van der Waals surface area contributed by atoms with E-state index in [1.807, 2.05) is 58.0 Å². The highest BCUT2D eigenvalue weighted by molar-refractivity contribution is 5.50. The minimum Gasteiger partial charge on any atom is -0.368 e. The van der Waals surface area contributed by atoms with Crippen LogP contribution in [0.5, 0.6) is 0 Å². The second-order valence-electron chi connectivity index (χ2n) is 7.67. The van der Waals surface area contributed by atoms with Crippen LogP contribution in [0, 0.1) is 0 Å². The van der Waals surface area contributed by atoms with Crippen molar-refractivity contribution < 1.29 is 28.5 Å². The van der Waals surface area contributed by atoms with Crippen molar-refractivity contribution in [3.63, 3.8) is 0 Å². The molecule has 0 spiro atoms. The number of benzene rings is 1. The van der Waals surface area contributed by atoms with Crippen molar-refractivity contribution in [3.8, 4) is 0 Å². The lowest BCUT2D eigenvalue weighted by Gasteiger charge is -2.30. The Morgan fingerprint density at radius 2 is 1.85 bits per heavy atom. The van der Waals surface area contributed by atoms with Crippen molar-refractivity contribution in [2.24, 2.45) is 0 Å². The van der Waals surface area contributed by atoms with Crippen LogP contribution in [0.25, 0.3) is 0 Å². The second-order valence-corrected chi connectivity index (χ2v) is 7.67. The van der Waals surface area contributed by atoms with Crippen LogP contribution >= 0.6 is 0 Å². The van der Waals surface area contributed by atoms with Crippen molar-refractivity contribution >= 4 is 6.29 Å². The minimum absolute atomic E-state index is 0.246. The minimum atomic E-state index is -0.776. The van der Waals surface area contributed by atoms with Gasteiger partial charge in [-0.05, 0) is 33.3 Å². The summed E-state index contributed by atoms with van der Waals surface area (Å²) in [5.74, 6) is -1.45. The topological polar surface area (TPSA) is 63.2 Å². The van der Waals surface area contributed by atoms with Gasteiger partial charge in [0.1, 0.15) is 24.6 Å². The quantitative estimate of drug-likeness (QED) is 0.693. The molecule has 0 N–H and O–H groups in total. The second kappa shape index (κ2) is 7.74. The molecule has 2 aliphatic heterocycles. The Labute approximate surface area is 154 Å².